The van der Waals surface area contributed by atoms with Gasteiger partial charge in [0.15, 0.2) is 0 Å². The molecule has 0 saturated carbocycles. The first-order valence-electron chi connectivity index (χ1n) is 11.5. The van der Waals surface area contributed by atoms with Gasteiger partial charge in [0.2, 0.25) is 5.91 Å². The number of primary amides is 1. The lowest BCUT2D eigenvalue weighted by Crippen LogP contribution is -2.52. The van der Waals surface area contributed by atoms with E-state index in [2.05, 4.69) is 42.3 Å². The van der Waals surface area contributed by atoms with Gasteiger partial charge in [-0.25, -0.2) is 0 Å². The number of benzene rings is 3. The Morgan fingerprint density at radius 1 is 1.03 bits per heavy atom. The molecular formula is C28H31ClN2OS. The van der Waals surface area contributed by atoms with Gasteiger partial charge < -0.3 is 10.6 Å². The fourth-order valence-corrected chi connectivity index (χ4v) is 6.62. The molecular weight excluding hydrogens is 448 g/mol. The summed E-state index contributed by atoms with van der Waals surface area (Å²) in [5.41, 5.74) is 7.42. The fraction of sp³-hybridized carbons (Fsp3) is 0.321. The number of thioether (sulfide) groups is 1. The standard InChI is InChI=1S/C28H31ClN2OS/c1-31-18-17-25(26(31)16-9-19-33-24-15-8-14-23(29)20-24)28(27(30)32,21-10-4-2-5-11-21)22-12-6-3-7-13-22/h2-8,10-15,20,25-26H,9,16-19H2,1H3,(H2,30,32)/t25-,26+/m1/s1. The lowest BCUT2D eigenvalue weighted by atomic mass is 9.62. The molecule has 0 spiro atoms. The van der Waals surface area contributed by atoms with Crippen molar-refractivity contribution in [2.24, 2.45) is 11.7 Å². The van der Waals surface area contributed by atoms with E-state index in [0.29, 0.717) is 0 Å². The Hall–Kier alpha value is -2.27. The van der Waals surface area contributed by atoms with Crippen LogP contribution < -0.4 is 5.73 Å². The van der Waals surface area contributed by atoms with E-state index in [1.54, 1.807) is 0 Å². The molecule has 3 nitrogen and oxygen atoms in total. The molecule has 3 aromatic rings. The van der Waals surface area contributed by atoms with Gasteiger partial charge in [-0.1, -0.05) is 78.3 Å². The maximum Gasteiger partial charge on any atom is 0.232 e. The molecule has 0 bridgehead atoms. The molecule has 2 N–H and O–H groups in total. The minimum Gasteiger partial charge on any atom is -0.369 e. The topological polar surface area (TPSA) is 46.3 Å². The van der Waals surface area contributed by atoms with E-state index in [1.807, 2.05) is 66.4 Å². The van der Waals surface area contributed by atoms with Crippen LogP contribution in [0.4, 0.5) is 0 Å². The van der Waals surface area contributed by atoms with Crippen molar-refractivity contribution in [1.29, 1.82) is 0 Å². The number of halogens is 1. The van der Waals surface area contributed by atoms with Crippen LogP contribution >= 0.6 is 23.4 Å². The van der Waals surface area contributed by atoms with Gasteiger partial charge in [0.05, 0.1) is 0 Å². The average Bonchev–Trinajstić information content (AvgIpc) is 3.19. The number of carbonyl (C=O) groups is 1. The molecule has 3 aromatic carbocycles. The van der Waals surface area contributed by atoms with E-state index in [9.17, 15) is 4.79 Å². The zero-order chi connectivity index (χ0) is 23.3. The molecule has 4 rings (SSSR count). The SMILES string of the molecule is CN1CC[C@@H](C(C(N)=O)(c2ccccc2)c2ccccc2)[C@@H]1CCCSc1cccc(Cl)c1. The van der Waals surface area contributed by atoms with Gasteiger partial charge in [-0.05, 0) is 73.9 Å². The van der Waals surface area contributed by atoms with Crippen molar-refractivity contribution in [3.05, 3.63) is 101 Å². The molecule has 1 saturated heterocycles. The van der Waals surface area contributed by atoms with E-state index in [1.165, 1.54) is 4.90 Å². The molecule has 0 radical (unpaired) electrons. The highest BCUT2D eigenvalue weighted by molar-refractivity contribution is 7.99. The van der Waals surface area contributed by atoms with Crippen molar-refractivity contribution in [3.63, 3.8) is 0 Å². The summed E-state index contributed by atoms with van der Waals surface area (Å²) in [7, 11) is 2.18. The Balaban J connectivity index is 1.61. The maximum atomic E-state index is 13.4. The molecule has 1 heterocycles. The first-order chi connectivity index (χ1) is 16.0. The largest absolute Gasteiger partial charge is 0.369 e. The van der Waals surface area contributed by atoms with Crippen LogP contribution in [0.25, 0.3) is 0 Å². The number of likely N-dealkylation sites (tertiary alicyclic amines) is 1. The molecule has 1 amide bonds. The molecule has 0 aromatic heterocycles. The van der Waals surface area contributed by atoms with E-state index in [0.717, 1.165) is 47.7 Å². The first-order valence-corrected chi connectivity index (χ1v) is 12.9. The van der Waals surface area contributed by atoms with Gasteiger partial charge in [-0.3, -0.25) is 4.79 Å². The number of amides is 1. The summed E-state index contributed by atoms with van der Waals surface area (Å²) >= 11 is 7.96. The van der Waals surface area contributed by atoms with Crippen LogP contribution in [-0.4, -0.2) is 36.2 Å². The van der Waals surface area contributed by atoms with Gasteiger partial charge in [-0.2, -0.15) is 0 Å². The van der Waals surface area contributed by atoms with Crippen molar-refractivity contribution in [1.82, 2.24) is 4.90 Å². The third-order valence-electron chi connectivity index (χ3n) is 6.94. The lowest BCUT2D eigenvalue weighted by molar-refractivity contribution is -0.124. The quantitative estimate of drug-likeness (QED) is 0.303. The second-order valence-electron chi connectivity index (χ2n) is 8.80. The smallest absolute Gasteiger partial charge is 0.232 e. The minimum absolute atomic E-state index is 0.112. The Labute approximate surface area is 206 Å². The van der Waals surface area contributed by atoms with Crippen LogP contribution in [0.15, 0.2) is 89.8 Å². The summed E-state index contributed by atoms with van der Waals surface area (Å²) in [6.45, 7) is 0.964. The van der Waals surface area contributed by atoms with Crippen molar-refractivity contribution in [2.75, 3.05) is 19.3 Å². The number of hydrogen-bond acceptors (Lipinski definition) is 3. The summed E-state index contributed by atoms with van der Waals surface area (Å²) in [4.78, 5) is 17.0. The Kier molecular flexibility index (Phi) is 7.79. The summed E-state index contributed by atoms with van der Waals surface area (Å²) in [5.74, 6) is 0.858. The highest BCUT2D eigenvalue weighted by Gasteiger charge is 2.52. The average molecular weight is 479 g/mol. The minimum atomic E-state index is -0.849. The second-order valence-corrected chi connectivity index (χ2v) is 10.4. The summed E-state index contributed by atoms with van der Waals surface area (Å²) in [5, 5.41) is 0.771. The molecule has 0 unspecified atom stereocenters. The van der Waals surface area contributed by atoms with Gasteiger partial charge in [0.1, 0.15) is 5.41 Å². The van der Waals surface area contributed by atoms with Crippen LogP contribution in [0.1, 0.15) is 30.4 Å². The highest BCUT2D eigenvalue weighted by atomic mass is 35.5. The van der Waals surface area contributed by atoms with E-state index >= 15 is 0 Å². The molecule has 1 aliphatic heterocycles. The molecule has 172 valence electrons. The zero-order valence-electron chi connectivity index (χ0n) is 19.0. The number of nitrogens with two attached hydrogens (primary N) is 1. The van der Waals surface area contributed by atoms with Gasteiger partial charge >= 0.3 is 0 Å². The monoisotopic (exact) mass is 478 g/mol. The van der Waals surface area contributed by atoms with Crippen LogP contribution in [0, 0.1) is 5.92 Å². The fourth-order valence-electron chi connectivity index (χ4n) is 5.44. The van der Waals surface area contributed by atoms with Crippen LogP contribution in [0.3, 0.4) is 0 Å². The van der Waals surface area contributed by atoms with Gasteiger partial charge in [0.25, 0.3) is 0 Å². The van der Waals surface area contributed by atoms with Crippen molar-refractivity contribution in [2.45, 2.75) is 35.6 Å². The Bertz CT molecular complexity index is 1020. The number of rotatable bonds is 9. The van der Waals surface area contributed by atoms with Crippen LogP contribution in [-0.2, 0) is 10.2 Å². The molecule has 2 atom stereocenters. The Morgan fingerprint density at radius 3 is 2.24 bits per heavy atom. The molecule has 5 heteroatoms. The van der Waals surface area contributed by atoms with Crippen molar-refractivity contribution < 1.29 is 4.79 Å². The highest BCUT2D eigenvalue weighted by Crippen LogP contribution is 2.47. The number of carbonyl (C=O) groups excluding carboxylic acids is 1. The molecule has 1 fully saturated rings. The van der Waals surface area contributed by atoms with Gasteiger partial charge in [0, 0.05) is 16.0 Å². The van der Waals surface area contributed by atoms with E-state index in [-0.39, 0.29) is 17.9 Å². The summed E-state index contributed by atoms with van der Waals surface area (Å²) in [6.07, 6.45) is 3.01. The third kappa shape index (κ3) is 4.98. The number of hydrogen-bond donors (Lipinski definition) is 1. The molecule has 0 aliphatic carbocycles. The molecule has 1 aliphatic rings. The Morgan fingerprint density at radius 2 is 1.67 bits per heavy atom. The summed E-state index contributed by atoms with van der Waals surface area (Å²) < 4.78 is 0. The number of nitrogens with zero attached hydrogens (tertiary/aromatic N) is 1. The molecule has 33 heavy (non-hydrogen) atoms. The predicted octanol–water partition coefficient (Wildman–Crippen LogP) is 6.00. The van der Waals surface area contributed by atoms with Crippen LogP contribution in [0.2, 0.25) is 5.02 Å². The zero-order valence-corrected chi connectivity index (χ0v) is 20.6. The second kappa shape index (κ2) is 10.8. The lowest BCUT2D eigenvalue weighted by Gasteiger charge is -2.41. The third-order valence-corrected chi connectivity index (χ3v) is 8.25. The summed E-state index contributed by atoms with van der Waals surface area (Å²) in [6, 6.07) is 28.5. The maximum absolute atomic E-state index is 13.4. The van der Waals surface area contributed by atoms with Crippen molar-refractivity contribution in [3.8, 4) is 0 Å². The van der Waals surface area contributed by atoms with Crippen molar-refractivity contribution >= 4 is 29.3 Å². The first kappa shape index (κ1) is 23.9. The van der Waals surface area contributed by atoms with E-state index < -0.39 is 5.41 Å². The predicted molar refractivity (Wildman–Crippen MR) is 139 cm³/mol. The van der Waals surface area contributed by atoms with E-state index in [4.69, 9.17) is 17.3 Å². The van der Waals surface area contributed by atoms with Gasteiger partial charge in [-0.15, -0.1) is 11.8 Å². The normalized spacial score (nSPS) is 19.0. The van der Waals surface area contributed by atoms with Crippen LogP contribution in [0.5, 0.6) is 0 Å².